The molecule has 1 saturated heterocycles. The van der Waals surface area contributed by atoms with Gasteiger partial charge in [-0.1, -0.05) is 6.08 Å². The van der Waals surface area contributed by atoms with Crippen LogP contribution in [0, 0.1) is 0 Å². The molecule has 0 aromatic rings. The number of hydrogen-bond donors (Lipinski definition) is 2. The summed E-state index contributed by atoms with van der Waals surface area (Å²) >= 11 is 0. The standard InChI is InChI=1S/C14H25NO4/c1-6-8-14(18)9-7-11(10(2)19-14)15(12(16)17)13(3,4)5/h6,10-11,18H,1,7-9H2,2-5H3,(H,16,17)/t10-,11-,14?/m1/s1. The molecule has 1 rings (SSSR count). The van der Waals surface area contributed by atoms with Gasteiger partial charge < -0.3 is 14.9 Å². The zero-order chi connectivity index (χ0) is 14.8. The summed E-state index contributed by atoms with van der Waals surface area (Å²) in [6, 6.07) is -0.248. The van der Waals surface area contributed by atoms with E-state index >= 15 is 0 Å². The van der Waals surface area contributed by atoms with E-state index in [-0.39, 0.29) is 12.1 Å². The van der Waals surface area contributed by atoms with Gasteiger partial charge in [-0.2, -0.15) is 0 Å². The molecule has 0 spiro atoms. The molecule has 1 fully saturated rings. The van der Waals surface area contributed by atoms with Crippen LogP contribution in [0.15, 0.2) is 12.7 Å². The van der Waals surface area contributed by atoms with E-state index in [1.807, 2.05) is 20.8 Å². The third kappa shape index (κ3) is 3.70. The molecule has 1 heterocycles. The molecule has 2 N–H and O–H groups in total. The van der Waals surface area contributed by atoms with Crippen molar-refractivity contribution in [1.82, 2.24) is 4.90 Å². The Morgan fingerprint density at radius 1 is 1.58 bits per heavy atom. The van der Waals surface area contributed by atoms with Crippen LogP contribution in [-0.2, 0) is 4.74 Å². The maximum Gasteiger partial charge on any atom is 0.408 e. The molecule has 0 aliphatic carbocycles. The van der Waals surface area contributed by atoms with Crippen LogP contribution in [0.1, 0.15) is 47.0 Å². The molecule has 110 valence electrons. The average molecular weight is 271 g/mol. The van der Waals surface area contributed by atoms with Gasteiger partial charge in [0, 0.05) is 18.4 Å². The molecule has 5 nitrogen and oxygen atoms in total. The van der Waals surface area contributed by atoms with Crippen molar-refractivity contribution >= 4 is 6.09 Å². The Labute approximate surface area is 114 Å². The topological polar surface area (TPSA) is 70.0 Å². The van der Waals surface area contributed by atoms with Gasteiger partial charge in [0.15, 0.2) is 5.79 Å². The van der Waals surface area contributed by atoms with E-state index in [9.17, 15) is 15.0 Å². The van der Waals surface area contributed by atoms with Crippen molar-refractivity contribution in [2.75, 3.05) is 0 Å². The molecule has 0 saturated carbocycles. The van der Waals surface area contributed by atoms with Crippen LogP contribution in [0.2, 0.25) is 0 Å². The first-order valence-corrected chi connectivity index (χ1v) is 6.64. The van der Waals surface area contributed by atoms with Gasteiger partial charge in [0.1, 0.15) is 0 Å². The monoisotopic (exact) mass is 271 g/mol. The molecule has 1 aliphatic heterocycles. The molecule has 0 aromatic heterocycles. The summed E-state index contributed by atoms with van der Waals surface area (Å²) in [6.07, 6.45) is 1.65. The number of amides is 1. The zero-order valence-electron chi connectivity index (χ0n) is 12.2. The minimum Gasteiger partial charge on any atom is -0.465 e. The predicted molar refractivity (Wildman–Crippen MR) is 72.9 cm³/mol. The van der Waals surface area contributed by atoms with Crippen molar-refractivity contribution in [3.63, 3.8) is 0 Å². The second-order valence-electron chi connectivity index (χ2n) is 6.19. The van der Waals surface area contributed by atoms with Crippen LogP contribution in [-0.4, -0.2) is 44.7 Å². The number of carboxylic acid groups (broad SMARTS) is 1. The molecule has 1 unspecified atom stereocenters. The van der Waals surface area contributed by atoms with E-state index in [0.717, 1.165) is 0 Å². The van der Waals surface area contributed by atoms with Crippen LogP contribution >= 0.6 is 0 Å². The summed E-state index contributed by atoms with van der Waals surface area (Å²) in [5.74, 6) is -1.21. The number of carbonyl (C=O) groups is 1. The fraction of sp³-hybridized carbons (Fsp3) is 0.786. The Morgan fingerprint density at radius 2 is 2.16 bits per heavy atom. The summed E-state index contributed by atoms with van der Waals surface area (Å²) in [6.45, 7) is 11.0. The minimum atomic E-state index is -1.21. The Balaban J connectivity index is 2.87. The zero-order valence-corrected chi connectivity index (χ0v) is 12.2. The van der Waals surface area contributed by atoms with Crippen LogP contribution in [0.5, 0.6) is 0 Å². The van der Waals surface area contributed by atoms with Gasteiger partial charge in [0.05, 0.1) is 12.1 Å². The Morgan fingerprint density at radius 3 is 2.53 bits per heavy atom. The minimum absolute atomic E-state index is 0.248. The maximum atomic E-state index is 11.5. The molecule has 1 aliphatic rings. The lowest BCUT2D eigenvalue weighted by Gasteiger charge is -2.47. The second-order valence-corrected chi connectivity index (χ2v) is 6.19. The molecule has 1 amide bonds. The van der Waals surface area contributed by atoms with Crippen molar-refractivity contribution < 1.29 is 19.7 Å². The van der Waals surface area contributed by atoms with E-state index in [4.69, 9.17) is 4.74 Å². The summed E-state index contributed by atoms with van der Waals surface area (Å²) in [7, 11) is 0. The van der Waals surface area contributed by atoms with Gasteiger partial charge in [0.2, 0.25) is 0 Å². The van der Waals surface area contributed by atoms with Gasteiger partial charge in [-0.05, 0) is 34.1 Å². The van der Waals surface area contributed by atoms with Gasteiger partial charge >= 0.3 is 6.09 Å². The first kappa shape index (κ1) is 16.0. The average Bonchev–Trinajstić information content (AvgIpc) is 2.19. The van der Waals surface area contributed by atoms with Crippen LogP contribution in [0.4, 0.5) is 4.79 Å². The van der Waals surface area contributed by atoms with Crippen LogP contribution in [0.25, 0.3) is 0 Å². The normalized spacial score (nSPS) is 31.8. The van der Waals surface area contributed by atoms with Gasteiger partial charge in [-0.25, -0.2) is 4.79 Å². The summed E-state index contributed by atoms with van der Waals surface area (Å²) in [5, 5.41) is 19.6. The Bertz CT molecular complexity index is 350. The van der Waals surface area contributed by atoms with Crippen molar-refractivity contribution in [2.45, 2.75) is 70.4 Å². The van der Waals surface area contributed by atoms with Crippen LogP contribution < -0.4 is 0 Å². The molecular weight excluding hydrogens is 246 g/mol. The molecule has 3 atom stereocenters. The fourth-order valence-electron chi connectivity index (χ4n) is 2.73. The highest BCUT2D eigenvalue weighted by molar-refractivity contribution is 5.66. The fourth-order valence-corrected chi connectivity index (χ4v) is 2.73. The quantitative estimate of drug-likeness (QED) is 0.774. The van der Waals surface area contributed by atoms with Crippen molar-refractivity contribution in [2.24, 2.45) is 0 Å². The number of rotatable bonds is 3. The van der Waals surface area contributed by atoms with Crippen molar-refractivity contribution in [3.05, 3.63) is 12.7 Å². The highest BCUT2D eigenvalue weighted by atomic mass is 16.6. The Kier molecular flexibility index (Phi) is 4.63. The molecule has 0 aromatic carbocycles. The second kappa shape index (κ2) is 5.51. The lowest BCUT2D eigenvalue weighted by molar-refractivity contribution is -0.263. The lowest BCUT2D eigenvalue weighted by atomic mass is 9.91. The van der Waals surface area contributed by atoms with E-state index in [1.165, 1.54) is 4.90 Å². The van der Waals surface area contributed by atoms with E-state index in [1.54, 1.807) is 13.0 Å². The number of nitrogens with zero attached hydrogens (tertiary/aromatic N) is 1. The predicted octanol–water partition coefficient (Wildman–Crippen LogP) is 2.60. The molecular formula is C14H25NO4. The van der Waals surface area contributed by atoms with E-state index < -0.39 is 17.4 Å². The summed E-state index contributed by atoms with van der Waals surface area (Å²) < 4.78 is 5.63. The first-order chi connectivity index (χ1) is 8.60. The third-order valence-electron chi connectivity index (χ3n) is 3.50. The number of aliphatic hydroxyl groups is 1. The van der Waals surface area contributed by atoms with Gasteiger partial charge in [-0.3, -0.25) is 4.90 Å². The molecule has 19 heavy (non-hydrogen) atoms. The first-order valence-electron chi connectivity index (χ1n) is 6.64. The number of hydrogen-bond acceptors (Lipinski definition) is 3. The molecule has 0 bridgehead atoms. The van der Waals surface area contributed by atoms with Crippen molar-refractivity contribution in [1.29, 1.82) is 0 Å². The maximum absolute atomic E-state index is 11.5. The summed E-state index contributed by atoms with van der Waals surface area (Å²) in [5.41, 5.74) is -0.498. The van der Waals surface area contributed by atoms with Gasteiger partial charge in [0.25, 0.3) is 0 Å². The highest BCUT2D eigenvalue weighted by Crippen LogP contribution is 2.34. The van der Waals surface area contributed by atoms with Gasteiger partial charge in [-0.15, -0.1) is 6.58 Å². The summed E-state index contributed by atoms with van der Waals surface area (Å²) in [4.78, 5) is 12.9. The smallest absolute Gasteiger partial charge is 0.408 e. The largest absolute Gasteiger partial charge is 0.465 e. The van der Waals surface area contributed by atoms with E-state index in [0.29, 0.717) is 19.3 Å². The third-order valence-corrected chi connectivity index (χ3v) is 3.50. The lowest BCUT2D eigenvalue weighted by Crippen LogP contribution is -2.59. The highest BCUT2D eigenvalue weighted by Gasteiger charge is 2.44. The number of ether oxygens (including phenoxy) is 1. The molecule has 5 heteroatoms. The Hall–Kier alpha value is -1.07. The van der Waals surface area contributed by atoms with Crippen LogP contribution in [0.3, 0.4) is 0 Å². The van der Waals surface area contributed by atoms with E-state index in [2.05, 4.69) is 6.58 Å². The SMILES string of the molecule is C=CCC1(O)CC[C@@H](N(C(=O)O)C(C)(C)C)[C@@H](C)O1. The van der Waals surface area contributed by atoms with Crippen molar-refractivity contribution in [3.8, 4) is 0 Å². The molecule has 0 radical (unpaired) electrons.